The fourth-order valence-electron chi connectivity index (χ4n) is 0.279. The lowest BCUT2D eigenvalue weighted by Crippen LogP contribution is -2.01. The Kier molecular flexibility index (Phi) is 4.96. The Hall–Kier alpha value is -0.550. The van der Waals surface area contributed by atoms with Gasteiger partial charge in [0, 0.05) is 11.8 Å². The van der Waals surface area contributed by atoms with Crippen LogP contribution < -0.4 is 5.73 Å². The molecule has 0 radical (unpaired) electrons. The molecule has 0 aliphatic heterocycles. The number of hydrogen-bond acceptors (Lipinski definition) is 3. The first-order chi connectivity index (χ1) is 4.63. The summed E-state index contributed by atoms with van der Waals surface area (Å²) < 4.78 is 0.329. The second kappa shape index (κ2) is 5.25. The molecule has 5 heteroatoms. The molecule has 0 unspecified atom stereocenters. The number of nitrogens with two attached hydrogens (primary N) is 1. The van der Waals surface area contributed by atoms with Crippen LogP contribution in [0.15, 0.2) is 12.2 Å². The van der Waals surface area contributed by atoms with Crippen LogP contribution in [0, 0.1) is 0 Å². The molecule has 0 saturated heterocycles. The minimum absolute atomic E-state index is 0.329. The van der Waals surface area contributed by atoms with Gasteiger partial charge in [-0.3, -0.25) is 0 Å². The summed E-state index contributed by atoms with van der Waals surface area (Å²) in [5.74, 6) is -0.440. The first-order valence-electron chi connectivity index (χ1n) is 2.44. The van der Waals surface area contributed by atoms with Crippen LogP contribution in [0.5, 0.6) is 0 Å². The Morgan fingerprint density at radius 2 is 2.40 bits per heavy atom. The van der Waals surface area contributed by atoms with Crippen LogP contribution in [-0.2, 0) is 4.79 Å². The van der Waals surface area contributed by atoms with Gasteiger partial charge in [0.05, 0.1) is 0 Å². The zero-order valence-corrected chi connectivity index (χ0v) is 6.74. The van der Waals surface area contributed by atoms with Crippen molar-refractivity contribution in [2.45, 2.75) is 0 Å². The smallest absolute Gasteiger partial charge is 0.328 e. The van der Waals surface area contributed by atoms with Gasteiger partial charge in [0.2, 0.25) is 0 Å². The van der Waals surface area contributed by atoms with E-state index in [2.05, 4.69) is 12.2 Å². The third kappa shape index (κ3) is 7.45. The topological polar surface area (TPSA) is 63.3 Å². The van der Waals surface area contributed by atoms with Crippen LogP contribution in [0.4, 0.5) is 0 Å². The van der Waals surface area contributed by atoms with Crippen molar-refractivity contribution in [3.8, 4) is 0 Å². The zero-order chi connectivity index (χ0) is 7.98. The SMILES string of the molecule is NC(=S)SCC=CC(=O)O. The van der Waals surface area contributed by atoms with Crippen LogP contribution in [0.2, 0.25) is 0 Å². The molecule has 0 aromatic heterocycles. The van der Waals surface area contributed by atoms with Crippen LogP contribution in [-0.4, -0.2) is 21.1 Å². The first kappa shape index (κ1) is 9.45. The molecule has 10 heavy (non-hydrogen) atoms. The highest BCUT2D eigenvalue weighted by Gasteiger charge is 1.87. The van der Waals surface area contributed by atoms with Gasteiger partial charge < -0.3 is 10.8 Å². The summed E-state index contributed by atoms with van der Waals surface area (Å²) in [6.45, 7) is 0. The molecule has 0 aromatic carbocycles. The van der Waals surface area contributed by atoms with E-state index in [1.165, 1.54) is 17.8 Å². The predicted octanol–water partition coefficient (Wildman–Crippen LogP) is 0.604. The maximum Gasteiger partial charge on any atom is 0.328 e. The summed E-state index contributed by atoms with van der Waals surface area (Å²) in [5, 5.41) is 8.12. The molecule has 0 rings (SSSR count). The molecule has 0 amide bonds. The Morgan fingerprint density at radius 3 is 2.80 bits per heavy atom. The maximum absolute atomic E-state index is 9.88. The quantitative estimate of drug-likeness (QED) is 0.488. The number of carboxylic acid groups (broad SMARTS) is 1. The Balaban J connectivity index is 3.36. The number of aliphatic carboxylic acids is 1. The number of thioether (sulfide) groups is 1. The van der Waals surface area contributed by atoms with Gasteiger partial charge >= 0.3 is 5.97 Å². The van der Waals surface area contributed by atoms with Crippen molar-refractivity contribution in [3.05, 3.63) is 12.2 Å². The molecule has 0 spiro atoms. The average molecular weight is 177 g/mol. The molecule has 0 heterocycles. The van der Waals surface area contributed by atoms with E-state index >= 15 is 0 Å². The molecule has 0 aliphatic carbocycles. The van der Waals surface area contributed by atoms with E-state index in [0.29, 0.717) is 10.1 Å². The molecule has 0 saturated carbocycles. The molecule has 0 fully saturated rings. The van der Waals surface area contributed by atoms with Gasteiger partial charge in [0.25, 0.3) is 0 Å². The number of thiocarbonyl (C=S) groups is 1. The summed E-state index contributed by atoms with van der Waals surface area (Å²) in [6.07, 6.45) is 2.55. The number of rotatable bonds is 3. The van der Waals surface area contributed by atoms with Crippen molar-refractivity contribution in [1.29, 1.82) is 0 Å². The minimum Gasteiger partial charge on any atom is -0.478 e. The second-order valence-electron chi connectivity index (χ2n) is 1.37. The van der Waals surface area contributed by atoms with Crippen LogP contribution in [0.3, 0.4) is 0 Å². The summed E-state index contributed by atoms with van der Waals surface area (Å²) in [7, 11) is 0. The summed E-state index contributed by atoms with van der Waals surface area (Å²) in [4.78, 5) is 9.88. The van der Waals surface area contributed by atoms with Crippen molar-refractivity contribution in [2.75, 3.05) is 5.75 Å². The summed E-state index contributed by atoms with van der Waals surface area (Å²) >= 11 is 5.77. The van der Waals surface area contributed by atoms with Crippen molar-refractivity contribution >= 4 is 34.3 Å². The van der Waals surface area contributed by atoms with E-state index in [9.17, 15) is 4.79 Å². The fourth-order valence-corrected chi connectivity index (χ4v) is 0.840. The van der Waals surface area contributed by atoms with Crippen LogP contribution in [0.1, 0.15) is 0 Å². The molecule has 3 nitrogen and oxygen atoms in total. The number of hydrogen-bond donors (Lipinski definition) is 2. The zero-order valence-electron chi connectivity index (χ0n) is 5.11. The summed E-state index contributed by atoms with van der Waals surface area (Å²) in [5.41, 5.74) is 5.12. The highest BCUT2D eigenvalue weighted by atomic mass is 32.2. The Bertz CT molecular complexity index is 167. The molecule has 56 valence electrons. The van der Waals surface area contributed by atoms with E-state index in [1.54, 1.807) is 0 Å². The van der Waals surface area contributed by atoms with Gasteiger partial charge in [0.15, 0.2) is 0 Å². The lowest BCUT2D eigenvalue weighted by molar-refractivity contribution is -0.131. The van der Waals surface area contributed by atoms with E-state index < -0.39 is 5.97 Å². The van der Waals surface area contributed by atoms with E-state index in [4.69, 9.17) is 10.8 Å². The molecular formula is C5H7NO2S2. The second-order valence-corrected chi connectivity index (χ2v) is 3.13. The van der Waals surface area contributed by atoms with Gasteiger partial charge in [-0.15, -0.1) is 0 Å². The standard InChI is InChI=1S/C5H7NO2S2/c6-5(9)10-3-1-2-4(7)8/h1-2H,3H2,(H2,6,9)(H,7,8). The number of carbonyl (C=O) groups is 1. The van der Waals surface area contributed by atoms with Crippen molar-refractivity contribution in [3.63, 3.8) is 0 Å². The van der Waals surface area contributed by atoms with Crippen molar-refractivity contribution < 1.29 is 9.90 Å². The third-order valence-corrected chi connectivity index (χ3v) is 1.58. The number of carboxylic acids is 1. The molecule has 0 bridgehead atoms. The highest BCUT2D eigenvalue weighted by Crippen LogP contribution is 1.98. The summed E-state index contributed by atoms with van der Waals surface area (Å²) in [6, 6.07) is 0. The van der Waals surface area contributed by atoms with Crippen LogP contribution >= 0.6 is 24.0 Å². The molecule has 0 atom stereocenters. The first-order valence-corrected chi connectivity index (χ1v) is 3.84. The lowest BCUT2D eigenvalue weighted by atomic mass is 10.5. The Morgan fingerprint density at radius 1 is 1.80 bits per heavy atom. The predicted molar refractivity (Wildman–Crippen MR) is 46.0 cm³/mol. The largest absolute Gasteiger partial charge is 0.478 e. The fraction of sp³-hybridized carbons (Fsp3) is 0.200. The van der Waals surface area contributed by atoms with Crippen molar-refractivity contribution in [1.82, 2.24) is 0 Å². The van der Waals surface area contributed by atoms with Gasteiger partial charge in [0.1, 0.15) is 4.32 Å². The van der Waals surface area contributed by atoms with Gasteiger partial charge in [-0.25, -0.2) is 4.79 Å². The molecule has 0 aliphatic rings. The van der Waals surface area contributed by atoms with E-state index in [1.807, 2.05) is 0 Å². The van der Waals surface area contributed by atoms with E-state index in [0.717, 1.165) is 6.08 Å². The third-order valence-electron chi connectivity index (χ3n) is 0.582. The van der Waals surface area contributed by atoms with Gasteiger partial charge in [-0.2, -0.15) is 0 Å². The minimum atomic E-state index is -0.955. The van der Waals surface area contributed by atoms with Gasteiger partial charge in [-0.05, 0) is 0 Å². The average Bonchev–Trinajstić information content (AvgIpc) is 1.79. The maximum atomic E-state index is 9.88. The lowest BCUT2D eigenvalue weighted by Gasteiger charge is -1.88. The Labute approximate surface area is 68.3 Å². The van der Waals surface area contributed by atoms with Gasteiger partial charge in [-0.1, -0.05) is 30.1 Å². The molecular weight excluding hydrogens is 170 g/mol. The molecule has 3 N–H and O–H groups in total. The van der Waals surface area contributed by atoms with Crippen molar-refractivity contribution in [2.24, 2.45) is 5.73 Å². The monoisotopic (exact) mass is 177 g/mol. The van der Waals surface area contributed by atoms with Crippen LogP contribution in [0.25, 0.3) is 0 Å². The molecule has 0 aromatic rings. The van der Waals surface area contributed by atoms with E-state index in [-0.39, 0.29) is 0 Å². The highest BCUT2D eigenvalue weighted by molar-refractivity contribution is 8.23. The normalized spacial score (nSPS) is 10.0.